The number of halogens is 1. The molecule has 1 saturated heterocycles. The number of amides is 1. The molecule has 1 aromatic heterocycles. The quantitative estimate of drug-likeness (QED) is 0.479. The predicted octanol–water partition coefficient (Wildman–Crippen LogP) is 3.81. The van der Waals surface area contributed by atoms with Gasteiger partial charge in [0.25, 0.3) is 0 Å². The van der Waals surface area contributed by atoms with Gasteiger partial charge in [-0.1, -0.05) is 35.0 Å². The number of nitrogens with one attached hydrogen (secondary N) is 1. The van der Waals surface area contributed by atoms with Gasteiger partial charge in [-0.2, -0.15) is 10.1 Å². The van der Waals surface area contributed by atoms with Crippen molar-refractivity contribution < 1.29 is 14.6 Å². The Bertz CT molecular complexity index is 1140. The number of rotatable bonds is 4. The minimum Gasteiger partial charge on any atom is -0.339 e. The molecule has 164 valence electrons. The number of piperidine rings is 1. The monoisotopic (exact) mass is 451 g/mol. The lowest BCUT2D eigenvalue weighted by molar-refractivity contribution is -0.215. The molecule has 5 rings (SSSR count). The molecule has 32 heavy (non-hydrogen) atoms. The van der Waals surface area contributed by atoms with Gasteiger partial charge in [0.15, 0.2) is 11.6 Å². The first-order chi connectivity index (χ1) is 15.7. The number of tetrazole rings is 1. The van der Waals surface area contributed by atoms with Crippen LogP contribution in [0.15, 0.2) is 42.5 Å². The number of carbonyl (C=O) groups is 1. The highest BCUT2D eigenvalue weighted by molar-refractivity contribution is 6.32. The number of aromatic nitrogens is 4. The lowest BCUT2D eigenvalue weighted by Crippen LogP contribution is -2.37. The molecule has 0 saturated carbocycles. The lowest BCUT2D eigenvalue weighted by Gasteiger charge is -2.29. The van der Waals surface area contributed by atoms with Crippen molar-refractivity contribution >= 4 is 23.6 Å². The van der Waals surface area contributed by atoms with Crippen molar-refractivity contribution in [1.82, 2.24) is 25.5 Å². The molecule has 9 heteroatoms. The summed E-state index contributed by atoms with van der Waals surface area (Å²) in [6.45, 7) is 1.84. The highest BCUT2D eigenvalue weighted by atomic mass is 35.5. The van der Waals surface area contributed by atoms with Crippen LogP contribution in [0.5, 0.6) is 5.75 Å². The van der Waals surface area contributed by atoms with Gasteiger partial charge in [0.1, 0.15) is 0 Å². The average molecular weight is 452 g/mol. The molecule has 2 aromatic carbocycles. The molecule has 2 aliphatic rings. The summed E-state index contributed by atoms with van der Waals surface area (Å²) in [4.78, 5) is 25.0. The Morgan fingerprint density at radius 2 is 2.09 bits per heavy atom. The number of likely N-dealkylation sites (tertiary alicyclic amines) is 1. The van der Waals surface area contributed by atoms with Crippen molar-refractivity contribution in [2.45, 2.75) is 25.2 Å². The van der Waals surface area contributed by atoms with E-state index in [1.807, 2.05) is 41.3 Å². The number of hydrogen-bond acceptors (Lipinski definition) is 6. The maximum Gasteiger partial charge on any atom is 0.246 e. The number of H-pyrrole nitrogens is 1. The van der Waals surface area contributed by atoms with Crippen molar-refractivity contribution in [2.24, 2.45) is 0 Å². The number of fused-ring (bicyclic) bond motifs is 1. The van der Waals surface area contributed by atoms with Crippen LogP contribution in [0.1, 0.15) is 35.7 Å². The van der Waals surface area contributed by atoms with E-state index in [1.54, 1.807) is 6.08 Å². The normalized spacial score (nSPS) is 16.7. The highest BCUT2D eigenvalue weighted by Gasteiger charge is 2.25. The predicted molar refractivity (Wildman–Crippen MR) is 119 cm³/mol. The number of carbonyl (C=O) groups excluding carboxylic acids is 1. The van der Waals surface area contributed by atoms with E-state index >= 15 is 0 Å². The minimum atomic E-state index is -0.0292. The van der Waals surface area contributed by atoms with E-state index < -0.39 is 0 Å². The van der Waals surface area contributed by atoms with Crippen LogP contribution in [0.25, 0.3) is 17.2 Å². The SMILES string of the molecule is O=C(/C=C/c1c(Cl)cccc1-c1ccc2c(c1)CCOO2)N1CCC(c2nn[nH]n2)CC1. The molecule has 0 spiro atoms. The molecular weight excluding hydrogens is 430 g/mol. The van der Waals surface area contributed by atoms with E-state index in [4.69, 9.17) is 21.4 Å². The van der Waals surface area contributed by atoms with E-state index in [2.05, 4.69) is 26.7 Å². The molecule has 1 N–H and O–H groups in total. The largest absolute Gasteiger partial charge is 0.339 e. The number of hydrogen-bond donors (Lipinski definition) is 1. The van der Waals surface area contributed by atoms with Crippen LogP contribution in [-0.4, -0.2) is 51.1 Å². The number of nitrogens with zero attached hydrogens (tertiary/aromatic N) is 4. The number of benzene rings is 2. The molecule has 8 nitrogen and oxygen atoms in total. The van der Waals surface area contributed by atoms with Gasteiger partial charge in [-0.3, -0.25) is 4.79 Å². The van der Waals surface area contributed by atoms with E-state index in [1.165, 1.54) is 0 Å². The Hall–Kier alpha value is -3.23. The Morgan fingerprint density at radius 1 is 1.22 bits per heavy atom. The molecule has 0 bridgehead atoms. The van der Waals surface area contributed by atoms with Crippen molar-refractivity contribution in [3.05, 3.63) is 64.4 Å². The first-order valence-corrected chi connectivity index (χ1v) is 11.0. The molecule has 0 atom stereocenters. The van der Waals surface area contributed by atoms with Gasteiger partial charge in [-0.15, -0.1) is 10.2 Å². The van der Waals surface area contributed by atoms with Gasteiger partial charge in [0.05, 0.1) is 6.61 Å². The minimum absolute atomic E-state index is 0.0292. The fraction of sp³-hybridized carbons (Fsp3) is 0.304. The summed E-state index contributed by atoms with van der Waals surface area (Å²) in [5.41, 5.74) is 3.89. The summed E-state index contributed by atoms with van der Waals surface area (Å²) in [6.07, 6.45) is 5.83. The average Bonchev–Trinajstić information content (AvgIpc) is 3.38. The topological polar surface area (TPSA) is 93.2 Å². The highest BCUT2D eigenvalue weighted by Crippen LogP contribution is 2.34. The van der Waals surface area contributed by atoms with Crippen molar-refractivity contribution in [3.63, 3.8) is 0 Å². The van der Waals surface area contributed by atoms with Crippen LogP contribution < -0.4 is 4.89 Å². The van der Waals surface area contributed by atoms with E-state index in [9.17, 15) is 4.79 Å². The molecule has 0 radical (unpaired) electrons. The zero-order chi connectivity index (χ0) is 21.9. The molecule has 1 fully saturated rings. The van der Waals surface area contributed by atoms with Crippen LogP contribution >= 0.6 is 11.6 Å². The maximum atomic E-state index is 12.8. The van der Waals surface area contributed by atoms with Crippen LogP contribution in [0.4, 0.5) is 0 Å². The van der Waals surface area contributed by atoms with E-state index in [-0.39, 0.29) is 11.8 Å². The third kappa shape index (κ3) is 4.24. The maximum absolute atomic E-state index is 12.8. The van der Waals surface area contributed by atoms with Gasteiger partial charge >= 0.3 is 0 Å². The third-order valence-electron chi connectivity index (χ3n) is 5.95. The zero-order valence-electron chi connectivity index (χ0n) is 17.3. The standard InChI is InChI=1S/C23H22ClN5O3/c24-20-3-1-2-18(16-4-6-21-17(14-16)10-13-31-32-21)19(20)5-7-22(30)29-11-8-15(9-12-29)23-25-27-28-26-23/h1-7,14-15H,8-13H2,(H,25,26,27,28)/b7-5+. The second-order valence-electron chi connectivity index (χ2n) is 7.88. The molecule has 1 amide bonds. The van der Waals surface area contributed by atoms with Gasteiger partial charge in [-0.25, -0.2) is 0 Å². The Kier molecular flexibility index (Phi) is 5.87. The van der Waals surface area contributed by atoms with Crippen molar-refractivity contribution in [2.75, 3.05) is 19.7 Å². The molecule has 3 aromatic rings. The van der Waals surface area contributed by atoms with Gasteiger partial charge in [0, 0.05) is 47.7 Å². The molecule has 2 aliphatic heterocycles. The summed E-state index contributed by atoms with van der Waals surface area (Å²) in [5.74, 6) is 1.66. The molecule has 0 aliphatic carbocycles. The summed E-state index contributed by atoms with van der Waals surface area (Å²) in [7, 11) is 0. The number of aromatic amines is 1. The Balaban J connectivity index is 1.33. The second kappa shape index (κ2) is 9.10. The van der Waals surface area contributed by atoms with Gasteiger partial charge < -0.3 is 9.79 Å². The summed E-state index contributed by atoms with van der Waals surface area (Å²) < 4.78 is 0. The van der Waals surface area contributed by atoms with Crippen LogP contribution in [0, 0.1) is 0 Å². The summed E-state index contributed by atoms with van der Waals surface area (Å²) in [5, 5.41) is 14.8. The van der Waals surface area contributed by atoms with Crippen molar-refractivity contribution in [3.8, 4) is 16.9 Å². The van der Waals surface area contributed by atoms with E-state index in [0.717, 1.165) is 53.1 Å². The van der Waals surface area contributed by atoms with Gasteiger partial charge in [-0.05, 0) is 48.2 Å². The Morgan fingerprint density at radius 3 is 2.91 bits per heavy atom. The second-order valence-corrected chi connectivity index (χ2v) is 8.29. The summed E-state index contributed by atoms with van der Waals surface area (Å²) >= 11 is 6.52. The van der Waals surface area contributed by atoms with Crippen molar-refractivity contribution in [1.29, 1.82) is 0 Å². The van der Waals surface area contributed by atoms with Crippen LogP contribution in [0.3, 0.4) is 0 Å². The Labute approximate surface area is 190 Å². The van der Waals surface area contributed by atoms with E-state index in [0.29, 0.717) is 24.7 Å². The first kappa shape index (κ1) is 20.7. The first-order valence-electron chi connectivity index (χ1n) is 10.6. The third-order valence-corrected chi connectivity index (χ3v) is 6.28. The molecule has 3 heterocycles. The fourth-order valence-electron chi connectivity index (χ4n) is 4.20. The molecule has 0 unspecified atom stereocenters. The van der Waals surface area contributed by atoms with Crippen LogP contribution in [0.2, 0.25) is 5.02 Å². The lowest BCUT2D eigenvalue weighted by atomic mass is 9.95. The van der Waals surface area contributed by atoms with Gasteiger partial charge in [0.2, 0.25) is 5.91 Å². The fourth-order valence-corrected chi connectivity index (χ4v) is 4.44. The van der Waals surface area contributed by atoms with Crippen LogP contribution in [-0.2, 0) is 16.1 Å². The summed E-state index contributed by atoms with van der Waals surface area (Å²) in [6, 6.07) is 11.7. The zero-order valence-corrected chi connectivity index (χ0v) is 18.1. The molecular formula is C23H22ClN5O3. The smallest absolute Gasteiger partial charge is 0.246 e.